The highest BCUT2D eigenvalue weighted by atomic mass is 15.1. The van der Waals surface area contributed by atoms with Crippen LogP contribution in [0, 0.1) is 6.92 Å². The van der Waals surface area contributed by atoms with Gasteiger partial charge >= 0.3 is 0 Å². The van der Waals surface area contributed by atoms with E-state index in [9.17, 15) is 0 Å². The minimum atomic E-state index is 0.758. The van der Waals surface area contributed by atoms with Crippen LogP contribution in [-0.2, 0) is 6.42 Å². The topological polar surface area (TPSA) is 49.8 Å². The largest absolute Gasteiger partial charge is 0.370 e. The maximum absolute atomic E-state index is 4.41. The second-order valence-electron chi connectivity index (χ2n) is 4.79. The fourth-order valence-electron chi connectivity index (χ4n) is 2.09. The Bertz CT molecular complexity index is 549. The molecule has 0 saturated heterocycles. The Balaban J connectivity index is 2.12. The van der Waals surface area contributed by atoms with E-state index in [1.807, 2.05) is 13.0 Å². The maximum Gasteiger partial charge on any atom is 0.136 e. The van der Waals surface area contributed by atoms with E-state index >= 15 is 0 Å². The molecule has 20 heavy (non-hydrogen) atoms. The first-order valence-electron chi connectivity index (χ1n) is 7.16. The van der Waals surface area contributed by atoms with Crippen molar-refractivity contribution in [2.24, 2.45) is 0 Å². The molecule has 0 aliphatic rings. The maximum atomic E-state index is 4.41. The van der Waals surface area contributed by atoms with Gasteiger partial charge in [-0.2, -0.15) is 0 Å². The zero-order chi connectivity index (χ0) is 14.4. The summed E-state index contributed by atoms with van der Waals surface area (Å²) in [5.41, 5.74) is 2.41. The van der Waals surface area contributed by atoms with Crippen molar-refractivity contribution in [2.45, 2.75) is 33.6 Å². The zero-order valence-electron chi connectivity index (χ0n) is 12.4. The highest BCUT2D eigenvalue weighted by Gasteiger charge is 2.02. The van der Waals surface area contributed by atoms with Crippen LogP contribution in [0.2, 0.25) is 0 Å². The summed E-state index contributed by atoms with van der Waals surface area (Å²) in [6.45, 7) is 6.99. The van der Waals surface area contributed by atoms with Crippen LogP contribution in [0.5, 0.6) is 0 Å². The monoisotopic (exact) mass is 270 g/mol. The minimum Gasteiger partial charge on any atom is -0.370 e. The molecule has 106 valence electrons. The number of rotatable bonds is 6. The number of aryl methyl sites for hydroxylation is 2. The molecule has 0 unspecified atom stereocenters. The van der Waals surface area contributed by atoms with Gasteiger partial charge < -0.3 is 10.6 Å². The molecule has 2 rings (SSSR count). The van der Waals surface area contributed by atoms with Crippen molar-refractivity contribution < 1.29 is 0 Å². The van der Waals surface area contributed by atoms with Crippen molar-refractivity contribution in [1.29, 1.82) is 0 Å². The second kappa shape index (κ2) is 6.89. The summed E-state index contributed by atoms with van der Waals surface area (Å²) in [4.78, 5) is 8.75. The first kappa shape index (κ1) is 14.3. The highest BCUT2D eigenvalue weighted by Crippen LogP contribution is 2.18. The van der Waals surface area contributed by atoms with Crippen molar-refractivity contribution in [3.05, 3.63) is 41.7 Å². The van der Waals surface area contributed by atoms with Gasteiger partial charge in [-0.05, 0) is 38.0 Å². The van der Waals surface area contributed by atoms with Gasteiger partial charge in [-0.3, -0.25) is 0 Å². The lowest BCUT2D eigenvalue weighted by molar-refractivity contribution is 0.922. The normalized spacial score (nSPS) is 10.3. The highest BCUT2D eigenvalue weighted by molar-refractivity contribution is 5.59. The van der Waals surface area contributed by atoms with E-state index in [-0.39, 0.29) is 0 Å². The van der Waals surface area contributed by atoms with E-state index in [1.165, 1.54) is 12.0 Å². The molecule has 0 fully saturated rings. The van der Waals surface area contributed by atoms with Crippen molar-refractivity contribution >= 4 is 17.3 Å². The molecule has 0 saturated carbocycles. The third-order valence-corrected chi connectivity index (χ3v) is 2.96. The molecule has 1 heterocycles. The van der Waals surface area contributed by atoms with Crippen LogP contribution in [-0.4, -0.2) is 16.5 Å². The van der Waals surface area contributed by atoms with Crippen LogP contribution in [0.15, 0.2) is 30.3 Å². The number of hydrogen-bond acceptors (Lipinski definition) is 4. The third-order valence-electron chi connectivity index (χ3n) is 2.96. The average Bonchev–Trinajstić information content (AvgIpc) is 2.41. The summed E-state index contributed by atoms with van der Waals surface area (Å²) in [5, 5.41) is 6.53. The molecule has 1 aromatic carbocycles. The predicted octanol–water partition coefficient (Wildman–Crippen LogP) is 3.91. The van der Waals surface area contributed by atoms with Gasteiger partial charge in [0.15, 0.2) is 0 Å². The molecule has 0 spiro atoms. The van der Waals surface area contributed by atoms with Crippen LogP contribution in [0.3, 0.4) is 0 Å². The van der Waals surface area contributed by atoms with Crippen molar-refractivity contribution in [3.63, 3.8) is 0 Å². The lowest BCUT2D eigenvalue weighted by Crippen LogP contribution is -2.04. The van der Waals surface area contributed by atoms with Crippen LogP contribution >= 0.6 is 0 Å². The van der Waals surface area contributed by atoms with Gasteiger partial charge in [0.2, 0.25) is 0 Å². The van der Waals surface area contributed by atoms with Crippen LogP contribution in [0.4, 0.5) is 17.3 Å². The molecule has 0 amide bonds. The Kier molecular flexibility index (Phi) is 4.93. The van der Waals surface area contributed by atoms with Gasteiger partial charge in [0, 0.05) is 18.3 Å². The Morgan fingerprint density at radius 3 is 2.35 bits per heavy atom. The molecule has 0 atom stereocenters. The van der Waals surface area contributed by atoms with Crippen molar-refractivity contribution in [3.8, 4) is 0 Å². The van der Waals surface area contributed by atoms with Gasteiger partial charge in [0.1, 0.15) is 17.5 Å². The SMILES string of the molecule is CCCc1ccc(Nc2cc(NCC)nc(C)n2)cc1. The summed E-state index contributed by atoms with van der Waals surface area (Å²) < 4.78 is 0. The molecular weight excluding hydrogens is 248 g/mol. The summed E-state index contributed by atoms with van der Waals surface area (Å²) >= 11 is 0. The molecular formula is C16H22N4. The van der Waals surface area contributed by atoms with Gasteiger partial charge in [0.25, 0.3) is 0 Å². The molecule has 1 aromatic heterocycles. The van der Waals surface area contributed by atoms with E-state index < -0.39 is 0 Å². The number of nitrogens with one attached hydrogen (secondary N) is 2. The van der Waals surface area contributed by atoms with Crippen LogP contribution in [0.25, 0.3) is 0 Å². The standard InChI is InChI=1S/C16H22N4/c1-4-6-13-7-9-14(10-8-13)20-16-11-15(17-5-2)18-12(3)19-16/h7-11H,4-6H2,1-3H3,(H2,17,18,19,20). The van der Waals surface area contributed by atoms with E-state index in [4.69, 9.17) is 0 Å². The fourth-order valence-corrected chi connectivity index (χ4v) is 2.09. The quantitative estimate of drug-likeness (QED) is 0.835. The summed E-state index contributed by atoms with van der Waals surface area (Å²) in [6, 6.07) is 10.4. The van der Waals surface area contributed by atoms with Crippen LogP contribution in [0.1, 0.15) is 31.7 Å². The Hall–Kier alpha value is -2.10. The summed E-state index contributed by atoms with van der Waals surface area (Å²) in [6.07, 6.45) is 2.29. The zero-order valence-corrected chi connectivity index (χ0v) is 12.4. The fraction of sp³-hybridized carbons (Fsp3) is 0.375. The Morgan fingerprint density at radius 1 is 1.00 bits per heavy atom. The molecule has 0 aliphatic carbocycles. The van der Waals surface area contributed by atoms with Gasteiger partial charge in [-0.1, -0.05) is 25.5 Å². The van der Waals surface area contributed by atoms with Crippen molar-refractivity contribution in [2.75, 3.05) is 17.2 Å². The molecule has 0 aliphatic heterocycles. The lowest BCUT2D eigenvalue weighted by atomic mass is 10.1. The molecule has 4 heteroatoms. The number of nitrogens with zero attached hydrogens (tertiary/aromatic N) is 2. The number of hydrogen-bond donors (Lipinski definition) is 2. The smallest absolute Gasteiger partial charge is 0.136 e. The van der Waals surface area contributed by atoms with Gasteiger partial charge in [0.05, 0.1) is 0 Å². The Morgan fingerprint density at radius 2 is 1.70 bits per heavy atom. The molecule has 2 N–H and O–H groups in total. The summed E-state index contributed by atoms with van der Waals surface area (Å²) in [5.74, 6) is 2.43. The average molecular weight is 270 g/mol. The predicted molar refractivity (Wildman–Crippen MR) is 84.7 cm³/mol. The van der Waals surface area contributed by atoms with E-state index in [0.717, 1.165) is 36.1 Å². The Labute approximate surface area is 120 Å². The second-order valence-corrected chi connectivity index (χ2v) is 4.79. The van der Waals surface area contributed by atoms with E-state index in [1.54, 1.807) is 0 Å². The first-order valence-corrected chi connectivity index (χ1v) is 7.16. The van der Waals surface area contributed by atoms with Crippen molar-refractivity contribution in [1.82, 2.24) is 9.97 Å². The molecule has 4 nitrogen and oxygen atoms in total. The van der Waals surface area contributed by atoms with E-state index in [2.05, 4.69) is 58.7 Å². The number of aromatic nitrogens is 2. The minimum absolute atomic E-state index is 0.758. The van der Waals surface area contributed by atoms with E-state index in [0.29, 0.717) is 0 Å². The lowest BCUT2D eigenvalue weighted by Gasteiger charge is -2.09. The molecule has 0 bridgehead atoms. The van der Waals surface area contributed by atoms with Crippen LogP contribution < -0.4 is 10.6 Å². The summed E-state index contributed by atoms with van der Waals surface area (Å²) in [7, 11) is 0. The number of anilines is 3. The van der Waals surface area contributed by atoms with Gasteiger partial charge in [-0.15, -0.1) is 0 Å². The molecule has 2 aromatic rings. The number of benzene rings is 1. The molecule has 0 radical (unpaired) electrons. The first-order chi connectivity index (χ1) is 9.71. The third kappa shape index (κ3) is 3.95. The van der Waals surface area contributed by atoms with Gasteiger partial charge in [-0.25, -0.2) is 9.97 Å².